The van der Waals surface area contributed by atoms with E-state index in [1.165, 1.54) is 12.1 Å². The summed E-state index contributed by atoms with van der Waals surface area (Å²) in [7, 11) is 0. The van der Waals surface area contributed by atoms with E-state index in [0.29, 0.717) is 39.5 Å². The van der Waals surface area contributed by atoms with Crippen LogP contribution in [0.2, 0.25) is 0 Å². The molecule has 1 amide bonds. The lowest BCUT2D eigenvalue weighted by molar-refractivity contribution is -0.196. The molecule has 0 radical (unpaired) electrons. The van der Waals surface area contributed by atoms with Crippen LogP contribution in [-0.2, 0) is 10.6 Å². The SMILES string of the molecule is Cc1ccc(-c2cc(C(=O)N[C@H](C)c3ccc(F)cn3)cc(C3=NOC(O)(c4ccccn4)C3)c2)nc1. The number of hydrogen-bond acceptors (Lipinski definition) is 7. The van der Waals surface area contributed by atoms with Crippen molar-refractivity contribution in [2.45, 2.75) is 32.1 Å². The fraction of sp³-hybridized carbons (Fsp3) is 0.179. The zero-order valence-corrected chi connectivity index (χ0v) is 20.2. The van der Waals surface area contributed by atoms with Crippen LogP contribution >= 0.6 is 0 Å². The summed E-state index contributed by atoms with van der Waals surface area (Å²) in [6, 6.07) is 16.6. The number of carbonyl (C=O) groups excluding carboxylic acids is 1. The topological polar surface area (TPSA) is 110 Å². The van der Waals surface area contributed by atoms with Gasteiger partial charge in [0.15, 0.2) is 0 Å². The number of aromatic nitrogens is 3. The normalized spacial score (nSPS) is 17.6. The first kappa shape index (κ1) is 24.2. The Balaban J connectivity index is 1.47. The fourth-order valence-electron chi connectivity index (χ4n) is 4.02. The standard InChI is InChI=1S/C28H24FN5O3/c1-17-6-8-24(31-15-17)19-11-20(25-14-28(36,37-34-25)26-5-3-4-10-30-26)13-21(12-19)27(35)33-18(2)23-9-7-22(29)16-32-23/h3-13,15-16,18,36H,14H2,1-2H3,(H,33,35)/t18-,28?/m1/s1. The molecule has 3 aromatic heterocycles. The van der Waals surface area contributed by atoms with Gasteiger partial charge in [0.05, 0.1) is 35.8 Å². The minimum Gasteiger partial charge on any atom is -0.353 e. The number of amides is 1. The third kappa shape index (κ3) is 5.22. The van der Waals surface area contributed by atoms with E-state index >= 15 is 0 Å². The number of halogens is 1. The van der Waals surface area contributed by atoms with Crippen LogP contribution in [0, 0.1) is 12.7 Å². The van der Waals surface area contributed by atoms with Crippen molar-refractivity contribution in [3.8, 4) is 11.3 Å². The Kier molecular flexibility index (Phi) is 6.45. The van der Waals surface area contributed by atoms with Crippen molar-refractivity contribution in [3.05, 3.63) is 113 Å². The third-order valence-corrected chi connectivity index (χ3v) is 6.06. The van der Waals surface area contributed by atoms with Gasteiger partial charge in [-0.3, -0.25) is 19.7 Å². The molecule has 0 bridgehead atoms. The number of carbonyl (C=O) groups is 1. The fourth-order valence-corrected chi connectivity index (χ4v) is 4.02. The van der Waals surface area contributed by atoms with Crippen LogP contribution in [0.5, 0.6) is 0 Å². The van der Waals surface area contributed by atoms with Crippen molar-refractivity contribution in [2.24, 2.45) is 5.16 Å². The van der Waals surface area contributed by atoms with Crippen LogP contribution in [0.3, 0.4) is 0 Å². The second-order valence-corrected chi connectivity index (χ2v) is 8.92. The van der Waals surface area contributed by atoms with Gasteiger partial charge < -0.3 is 15.3 Å². The van der Waals surface area contributed by atoms with Crippen molar-refractivity contribution in [1.82, 2.24) is 20.3 Å². The highest BCUT2D eigenvalue weighted by Crippen LogP contribution is 2.34. The Morgan fingerprint density at radius 3 is 2.59 bits per heavy atom. The summed E-state index contributed by atoms with van der Waals surface area (Å²) in [5.74, 6) is -2.51. The number of pyridine rings is 3. The van der Waals surface area contributed by atoms with Crippen LogP contribution in [0.1, 0.15) is 52.3 Å². The number of nitrogens with one attached hydrogen (secondary N) is 1. The molecule has 0 saturated heterocycles. The summed E-state index contributed by atoms with van der Waals surface area (Å²) in [5.41, 5.74) is 4.67. The van der Waals surface area contributed by atoms with E-state index in [9.17, 15) is 14.3 Å². The summed E-state index contributed by atoms with van der Waals surface area (Å²) in [4.78, 5) is 31.4. The van der Waals surface area contributed by atoms with Crippen molar-refractivity contribution >= 4 is 11.6 Å². The highest BCUT2D eigenvalue weighted by Gasteiger charge is 2.40. The first-order valence-corrected chi connectivity index (χ1v) is 11.7. The van der Waals surface area contributed by atoms with Gasteiger partial charge in [-0.15, -0.1) is 0 Å². The smallest absolute Gasteiger partial charge is 0.283 e. The molecule has 2 atom stereocenters. The largest absolute Gasteiger partial charge is 0.353 e. The molecular weight excluding hydrogens is 473 g/mol. The van der Waals surface area contributed by atoms with Crippen LogP contribution < -0.4 is 5.32 Å². The van der Waals surface area contributed by atoms with E-state index < -0.39 is 17.6 Å². The Bertz CT molecular complexity index is 1460. The molecule has 4 heterocycles. The maximum Gasteiger partial charge on any atom is 0.283 e. The molecule has 1 aliphatic rings. The molecule has 1 aliphatic heterocycles. The lowest BCUT2D eigenvalue weighted by Gasteiger charge is -2.18. The molecule has 1 unspecified atom stereocenters. The van der Waals surface area contributed by atoms with Crippen LogP contribution in [0.4, 0.5) is 4.39 Å². The van der Waals surface area contributed by atoms with Gasteiger partial charge in [-0.1, -0.05) is 17.3 Å². The molecule has 0 spiro atoms. The second kappa shape index (κ2) is 9.87. The average molecular weight is 498 g/mol. The minimum atomic E-state index is -1.71. The summed E-state index contributed by atoms with van der Waals surface area (Å²) in [6.07, 6.45) is 4.48. The molecule has 5 rings (SSSR count). The number of rotatable bonds is 6. The first-order chi connectivity index (χ1) is 17.8. The summed E-state index contributed by atoms with van der Waals surface area (Å²) in [5, 5.41) is 18.1. The lowest BCUT2D eigenvalue weighted by Crippen LogP contribution is -2.28. The van der Waals surface area contributed by atoms with Crippen LogP contribution in [-0.4, -0.2) is 31.7 Å². The highest BCUT2D eigenvalue weighted by molar-refractivity contribution is 6.05. The number of oxime groups is 1. The maximum absolute atomic E-state index is 13.3. The Hall–Kier alpha value is -4.50. The second-order valence-electron chi connectivity index (χ2n) is 8.92. The van der Waals surface area contributed by atoms with Gasteiger partial charge >= 0.3 is 0 Å². The van der Waals surface area contributed by atoms with Crippen molar-refractivity contribution in [2.75, 3.05) is 0 Å². The Morgan fingerprint density at radius 2 is 1.89 bits per heavy atom. The Labute approximate surface area is 212 Å². The molecule has 186 valence electrons. The van der Waals surface area contributed by atoms with E-state index in [1.807, 2.05) is 25.1 Å². The Morgan fingerprint density at radius 1 is 1.05 bits per heavy atom. The lowest BCUT2D eigenvalue weighted by atomic mass is 9.95. The van der Waals surface area contributed by atoms with Gasteiger partial charge in [-0.25, -0.2) is 4.39 Å². The molecule has 37 heavy (non-hydrogen) atoms. The number of aryl methyl sites for hydroxylation is 1. The first-order valence-electron chi connectivity index (χ1n) is 11.7. The number of aliphatic hydroxyl groups is 1. The molecule has 0 aliphatic carbocycles. The van der Waals surface area contributed by atoms with Gasteiger partial charge in [-0.05, 0) is 67.9 Å². The van der Waals surface area contributed by atoms with E-state index in [1.54, 1.807) is 49.6 Å². The van der Waals surface area contributed by atoms with Gasteiger partial charge in [0.2, 0.25) is 0 Å². The monoisotopic (exact) mass is 497 g/mol. The number of hydrogen-bond donors (Lipinski definition) is 2. The van der Waals surface area contributed by atoms with Gasteiger partial charge in [0, 0.05) is 29.1 Å². The zero-order valence-electron chi connectivity index (χ0n) is 20.2. The van der Waals surface area contributed by atoms with E-state index in [0.717, 1.165) is 11.8 Å². The van der Waals surface area contributed by atoms with Crippen molar-refractivity contribution < 1.29 is 19.1 Å². The summed E-state index contributed by atoms with van der Waals surface area (Å²) >= 11 is 0. The number of nitrogens with zero attached hydrogens (tertiary/aromatic N) is 4. The zero-order chi connectivity index (χ0) is 26.0. The molecule has 4 aromatic rings. The molecule has 0 saturated carbocycles. The highest BCUT2D eigenvalue weighted by atomic mass is 19.1. The van der Waals surface area contributed by atoms with E-state index in [4.69, 9.17) is 4.84 Å². The minimum absolute atomic E-state index is 0.0474. The molecule has 8 nitrogen and oxygen atoms in total. The van der Waals surface area contributed by atoms with E-state index in [-0.39, 0.29) is 12.3 Å². The van der Waals surface area contributed by atoms with Crippen molar-refractivity contribution in [3.63, 3.8) is 0 Å². The van der Waals surface area contributed by atoms with Gasteiger partial charge in [0.1, 0.15) is 11.5 Å². The maximum atomic E-state index is 13.3. The van der Waals surface area contributed by atoms with Gasteiger partial charge in [-0.2, -0.15) is 0 Å². The predicted octanol–water partition coefficient (Wildman–Crippen LogP) is 4.45. The molecular formula is C28H24FN5O3. The molecule has 1 aromatic carbocycles. The van der Waals surface area contributed by atoms with Gasteiger partial charge in [0.25, 0.3) is 11.7 Å². The van der Waals surface area contributed by atoms with Crippen LogP contribution in [0.25, 0.3) is 11.3 Å². The van der Waals surface area contributed by atoms with E-state index in [2.05, 4.69) is 25.4 Å². The predicted molar refractivity (Wildman–Crippen MR) is 135 cm³/mol. The molecule has 9 heteroatoms. The van der Waals surface area contributed by atoms with Crippen molar-refractivity contribution in [1.29, 1.82) is 0 Å². The average Bonchev–Trinajstić information content (AvgIpc) is 3.33. The summed E-state index contributed by atoms with van der Waals surface area (Å²) < 4.78 is 13.3. The number of benzene rings is 1. The van der Waals surface area contributed by atoms with Crippen LogP contribution in [0.15, 0.2) is 84.4 Å². The summed E-state index contributed by atoms with van der Waals surface area (Å²) in [6.45, 7) is 3.71. The molecule has 0 fully saturated rings. The third-order valence-electron chi connectivity index (χ3n) is 6.06. The quantitative estimate of drug-likeness (QED) is 0.407. The molecule has 2 N–H and O–H groups in total.